The molecule has 0 bridgehead atoms. The lowest BCUT2D eigenvalue weighted by Crippen LogP contribution is -2.22. The van der Waals surface area contributed by atoms with Gasteiger partial charge in [0.25, 0.3) is 5.91 Å². The summed E-state index contributed by atoms with van der Waals surface area (Å²) in [6.07, 6.45) is 0. The number of hydrogen-bond donors (Lipinski definition) is 2. The highest BCUT2D eigenvalue weighted by molar-refractivity contribution is 5.95. The maximum Gasteiger partial charge on any atom is 0.251 e. The van der Waals surface area contributed by atoms with Crippen LogP contribution in [0.5, 0.6) is 5.75 Å². The van der Waals surface area contributed by atoms with Crippen LogP contribution >= 0.6 is 0 Å². The minimum absolute atomic E-state index is 0.112. The second-order valence-electron chi connectivity index (χ2n) is 4.87. The first-order chi connectivity index (χ1) is 10.6. The molecule has 0 fully saturated rings. The fraction of sp³-hybridized carbons (Fsp3) is 0.176. The molecule has 0 spiro atoms. The van der Waals surface area contributed by atoms with Gasteiger partial charge in [-0.1, -0.05) is 29.8 Å². The first kappa shape index (κ1) is 15.4. The van der Waals surface area contributed by atoms with E-state index in [2.05, 4.69) is 5.32 Å². The van der Waals surface area contributed by atoms with Crippen LogP contribution in [0.3, 0.4) is 0 Å². The number of nitrogens with one attached hydrogen (secondary N) is 1. The molecule has 2 aromatic rings. The van der Waals surface area contributed by atoms with Crippen molar-refractivity contribution < 1.29 is 9.53 Å². The molecule has 0 aliphatic rings. The van der Waals surface area contributed by atoms with Crippen molar-refractivity contribution in [2.75, 3.05) is 12.3 Å². The predicted octanol–water partition coefficient (Wildman–Crippen LogP) is 2.41. The van der Waals surface area contributed by atoms with E-state index in [4.69, 9.17) is 15.7 Å². The molecule has 2 rings (SSSR count). The van der Waals surface area contributed by atoms with Crippen LogP contribution in [0.4, 0.5) is 5.69 Å². The maximum absolute atomic E-state index is 12.1. The molecule has 1 amide bonds. The van der Waals surface area contributed by atoms with Crippen LogP contribution < -0.4 is 15.8 Å². The number of hydrogen-bond acceptors (Lipinski definition) is 4. The fourth-order valence-electron chi connectivity index (χ4n) is 1.90. The van der Waals surface area contributed by atoms with E-state index in [0.717, 1.165) is 5.56 Å². The molecule has 0 aliphatic carbocycles. The molecule has 0 aliphatic heterocycles. The molecule has 0 saturated heterocycles. The summed E-state index contributed by atoms with van der Waals surface area (Å²) < 4.78 is 5.19. The lowest BCUT2D eigenvalue weighted by molar-refractivity contribution is 0.0950. The number of benzene rings is 2. The van der Waals surface area contributed by atoms with Crippen LogP contribution in [0.2, 0.25) is 0 Å². The van der Waals surface area contributed by atoms with Gasteiger partial charge in [0.1, 0.15) is 11.8 Å². The highest BCUT2D eigenvalue weighted by Gasteiger charge is 2.09. The van der Waals surface area contributed by atoms with Gasteiger partial charge in [-0.2, -0.15) is 5.26 Å². The molecule has 0 atom stereocenters. The Morgan fingerprint density at radius 2 is 2.00 bits per heavy atom. The van der Waals surface area contributed by atoms with Crippen molar-refractivity contribution in [1.82, 2.24) is 5.32 Å². The molecule has 5 nitrogen and oxygen atoms in total. The van der Waals surface area contributed by atoms with Crippen LogP contribution in [0, 0.1) is 18.3 Å². The number of ether oxygens (including phenoxy) is 1. The summed E-state index contributed by atoms with van der Waals surface area (Å²) in [5.74, 6) is 0.118. The van der Waals surface area contributed by atoms with Gasteiger partial charge < -0.3 is 15.8 Å². The average Bonchev–Trinajstić information content (AvgIpc) is 2.53. The zero-order valence-corrected chi connectivity index (χ0v) is 12.3. The zero-order valence-electron chi connectivity index (χ0n) is 12.3. The normalized spacial score (nSPS) is 9.82. The molecule has 3 N–H and O–H groups in total. The Hall–Kier alpha value is -3.00. The molecule has 22 heavy (non-hydrogen) atoms. The summed E-state index contributed by atoms with van der Waals surface area (Å²) in [6, 6.07) is 14.6. The van der Waals surface area contributed by atoms with Crippen molar-refractivity contribution in [3.05, 3.63) is 59.2 Å². The van der Waals surface area contributed by atoms with Gasteiger partial charge in [-0.15, -0.1) is 0 Å². The van der Waals surface area contributed by atoms with Crippen molar-refractivity contribution >= 4 is 11.6 Å². The van der Waals surface area contributed by atoms with Gasteiger partial charge in [0.2, 0.25) is 0 Å². The van der Waals surface area contributed by atoms with Crippen LogP contribution in [0.1, 0.15) is 21.5 Å². The summed E-state index contributed by atoms with van der Waals surface area (Å²) in [5.41, 5.74) is 8.77. The summed E-state index contributed by atoms with van der Waals surface area (Å²) in [4.78, 5) is 12.1. The van der Waals surface area contributed by atoms with E-state index in [-0.39, 0.29) is 12.5 Å². The van der Waals surface area contributed by atoms with Crippen molar-refractivity contribution in [1.29, 1.82) is 5.26 Å². The molecular formula is C17H17N3O2. The van der Waals surface area contributed by atoms with Crippen LogP contribution in [-0.4, -0.2) is 12.5 Å². The van der Waals surface area contributed by atoms with Gasteiger partial charge in [0.15, 0.2) is 6.61 Å². The third-order valence-electron chi connectivity index (χ3n) is 3.14. The molecule has 5 heteroatoms. The van der Waals surface area contributed by atoms with E-state index < -0.39 is 0 Å². The molecule has 112 valence electrons. The minimum atomic E-state index is -0.220. The Kier molecular flexibility index (Phi) is 4.99. The van der Waals surface area contributed by atoms with Crippen LogP contribution in [0.15, 0.2) is 42.5 Å². The number of aryl methyl sites for hydroxylation is 1. The number of nitrogen functional groups attached to an aromatic ring is 1. The van der Waals surface area contributed by atoms with Gasteiger partial charge >= 0.3 is 0 Å². The van der Waals surface area contributed by atoms with Gasteiger partial charge in [-0.25, -0.2) is 0 Å². The number of nitriles is 1. The summed E-state index contributed by atoms with van der Waals surface area (Å²) in [7, 11) is 0. The topological polar surface area (TPSA) is 88.1 Å². The first-order valence-electron chi connectivity index (χ1n) is 6.83. The Labute approximate surface area is 129 Å². The molecular weight excluding hydrogens is 278 g/mol. The lowest BCUT2D eigenvalue weighted by atomic mass is 10.1. The molecule has 0 saturated carbocycles. The number of carbonyl (C=O) groups is 1. The summed E-state index contributed by atoms with van der Waals surface area (Å²) in [5, 5.41) is 11.4. The fourth-order valence-corrected chi connectivity index (χ4v) is 1.90. The lowest BCUT2D eigenvalue weighted by Gasteiger charge is -2.09. The van der Waals surface area contributed by atoms with E-state index >= 15 is 0 Å². The molecule has 0 unspecified atom stereocenters. The molecule has 0 radical (unpaired) electrons. The highest BCUT2D eigenvalue weighted by Crippen LogP contribution is 2.22. The van der Waals surface area contributed by atoms with Crippen molar-refractivity contribution in [3.63, 3.8) is 0 Å². The monoisotopic (exact) mass is 295 g/mol. The number of rotatable bonds is 5. The predicted molar refractivity (Wildman–Crippen MR) is 84.3 cm³/mol. The Bertz CT molecular complexity index is 703. The van der Waals surface area contributed by atoms with E-state index in [0.29, 0.717) is 23.5 Å². The van der Waals surface area contributed by atoms with Crippen molar-refractivity contribution in [2.45, 2.75) is 13.5 Å². The van der Waals surface area contributed by atoms with Gasteiger partial charge in [-0.05, 0) is 30.7 Å². The second kappa shape index (κ2) is 7.14. The third kappa shape index (κ3) is 4.00. The molecule has 0 heterocycles. The van der Waals surface area contributed by atoms with E-state index in [1.807, 2.05) is 37.3 Å². The Morgan fingerprint density at radius 3 is 2.68 bits per heavy atom. The quantitative estimate of drug-likeness (QED) is 0.829. The number of amides is 1. The summed E-state index contributed by atoms with van der Waals surface area (Å²) >= 11 is 0. The van der Waals surface area contributed by atoms with Gasteiger partial charge in [-0.3, -0.25) is 4.79 Å². The largest absolute Gasteiger partial charge is 0.477 e. The first-order valence-corrected chi connectivity index (χ1v) is 6.83. The Morgan fingerprint density at radius 1 is 1.27 bits per heavy atom. The smallest absolute Gasteiger partial charge is 0.251 e. The SMILES string of the molecule is Cc1ccc(CNC(=O)c2ccc(N)c(OCC#N)c2)cc1. The van der Waals surface area contributed by atoms with Crippen LogP contribution in [0.25, 0.3) is 0 Å². The molecule has 0 aromatic heterocycles. The van der Waals surface area contributed by atoms with Crippen LogP contribution in [-0.2, 0) is 6.54 Å². The van der Waals surface area contributed by atoms with Gasteiger partial charge in [0, 0.05) is 12.1 Å². The van der Waals surface area contributed by atoms with E-state index in [9.17, 15) is 4.79 Å². The Balaban J connectivity index is 2.03. The van der Waals surface area contributed by atoms with E-state index in [1.54, 1.807) is 12.1 Å². The summed E-state index contributed by atoms with van der Waals surface area (Å²) in [6.45, 7) is 2.34. The number of nitrogens with zero attached hydrogens (tertiary/aromatic N) is 1. The number of nitrogens with two attached hydrogens (primary N) is 1. The second-order valence-corrected chi connectivity index (χ2v) is 4.87. The third-order valence-corrected chi connectivity index (χ3v) is 3.14. The standard InChI is InChI=1S/C17H17N3O2/c1-12-2-4-13(5-3-12)11-20-17(21)14-6-7-15(19)16(10-14)22-9-8-18/h2-7,10H,9,11,19H2,1H3,(H,20,21). The zero-order chi connectivity index (χ0) is 15.9. The number of anilines is 1. The van der Waals surface area contributed by atoms with E-state index in [1.165, 1.54) is 11.6 Å². The molecule has 2 aromatic carbocycles. The van der Waals surface area contributed by atoms with Crippen molar-refractivity contribution in [2.24, 2.45) is 0 Å². The minimum Gasteiger partial charge on any atom is -0.477 e. The maximum atomic E-state index is 12.1. The number of carbonyl (C=O) groups excluding carboxylic acids is 1. The average molecular weight is 295 g/mol. The van der Waals surface area contributed by atoms with Crippen molar-refractivity contribution in [3.8, 4) is 11.8 Å². The highest BCUT2D eigenvalue weighted by atomic mass is 16.5. The van der Waals surface area contributed by atoms with Gasteiger partial charge in [0.05, 0.1) is 5.69 Å².